The lowest BCUT2D eigenvalue weighted by atomic mass is 10.1. The highest BCUT2D eigenvalue weighted by Crippen LogP contribution is 2.28. The molecule has 5 heteroatoms. The van der Waals surface area contributed by atoms with Crippen molar-refractivity contribution >= 4 is 5.96 Å². The van der Waals surface area contributed by atoms with Crippen molar-refractivity contribution in [2.24, 2.45) is 16.8 Å². The molecule has 0 radical (unpaired) electrons. The molecular formula is C14H28N4O. The van der Waals surface area contributed by atoms with Crippen molar-refractivity contribution in [2.45, 2.75) is 26.3 Å². The van der Waals surface area contributed by atoms with Crippen molar-refractivity contribution in [3.05, 3.63) is 0 Å². The fraction of sp³-hybridized carbons (Fsp3) is 0.929. The number of ether oxygens (including phenoxy) is 1. The molecule has 1 aliphatic heterocycles. The van der Waals surface area contributed by atoms with Gasteiger partial charge in [0.1, 0.15) is 0 Å². The lowest BCUT2D eigenvalue weighted by molar-refractivity contribution is 0.0320. The van der Waals surface area contributed by atoms with Gasteiger partial charge in [0.25, 0.3) is 0 Å². The first-order chi connectivity index (χ1) is 9.19. The SMILES string of the molecule is CN=C(NCC(C)CN1CCOCC1)NC1CC1C. The predicted octanol–water partition coefficient (Wildman–Crippen LogP) is 0.528. The normalized spacial score (nSPS) is 29.9. The summed E-state index contributed by atoms with van der Waals surface area (Å²) in [5, 5.41) is 6.89. The van der Waals surface area contributed by atoms with E-state index >= 15 is 0 Å². The van der Waals surface area contributed by atoms with Gasteiger partial charge in [-0.15, -0.1) is 0 Å². The Morgan fingerprint density at radius 1 is 1.42 bits per heavy atom. The second-order valence-corrected chi connectivity index (χ2v) is 5.94. The van der Waals surface area contributed by atoms with Crippen LogP contribution in [0.3, 0.4) is 0 Å². The van der Waals surface area contributed by atoms with Gasteiger partial charge in [0.15, 0.2) is 5.96 Å². The summed E-state index contributed by atoms with van der Waals surface area (Å²) in [5.41, 5.74) is 0. The maximum Gasteiger partial charge on any atom is 0.191 e. The predicted molar refractivity (Wildman–Crippen MR) is 78.5 cm³/mol. The van der Waals surface area contributed by atoms with E-state index in [0.29, 0.717) is 12.0 Å². The Hall–Kier alpha value is -0.810. The molecule has 19 heavy (non-hydrogen) atoms. The highest BCUT2D eigenvalue weighted by Gasteiger charge is 2.33. The molecule has 0 amide bonds. The maximum absolute atomic E-state index is 5.37. The van der Waals surface area contributed by atoms with Crippen molar-refractivity contribution in [1.82, 2.24) is 15.5 Å². The van der Waals surface area contributed by atoms with Crippen LogP contribution in [0.15, 0.2) is 4.99 Å². The second-order valence-electron chi connectivity index (χ2n) is 5.94. The molecule has 2 aliphatic rings. The summed E-state index contributed by atoms with van der Waals surface area (Å²) in [6, 6.07) is 0.626. The van der Waals surface area contributed by atoms with Crippen LogP contribution < -0.4 is 10.6 Å². The monoisotopic (exact) mass is 268 g/mol. The van der Waals surface area contributed by atoms with Gasteiger partial charge >= 0.3 is 0 Å². The Morgan fingerprint density at radius 3 is 2.68 bits per heavy atom. The molecule has 1 saturated carbocycles. The third-order valence-electron chi connectivity index (χ3n) is 3.95. The molecule has 1 aliphatic carbocycles. The summed E-state index contributed by atoms with van der Waals surface area (Å²) in [4.78, 5) is 6.76. The van der Waals surface area contributed by atoms with Crippen LogP contribution in [0.5, 0.6) is 0 Å². The molecule has 1 saturated heterocycles. The van der Waals surface area contributed by atoms with E-state index in [0.717, 1.165) is 51.3 Å². The van der Waals surface area contributed by atoms with Crippen LogP contribution >= 0.6 is 0 Å². The van der Waals surface area contributed by atoms with Crippen LogP contribution in [-0.4, -0.2) is 63.3 Å². The Labute approximate surface area is 116 Å². The van der Waals surface area contributed by atoms with Crippen molar-refractivity contribution in [2.75, 3.05) is 46.4 Å². The number of hydrogen-bond donors (Lipinski definition) is 2. The fourth-order valence-corrected chi connectivity index (χ4v) is 2.45. The minimum atomic E-state index is 0.619. The average Bonchev–Trinajstić information content (AvgIpc) is 3.11. The van der Waals surface area contributed by atoms with Gasteiger partial charge in [-0.1, -0.05) is 13.8 Å². The molecule has 110 valence electrons. The van der Waals surface area contributed by atoms with Gasteiger partial charge in [0.2, 0.25) is 0 Å². The van der Waals surface area contributed by atoms with Crippen LogP contribution in [0.2, 0.25) is 0 Å². The second kappa shape index (κ2) is 7.10. The molecular weight excluding hydrogens is 240 g/mol. The van der Waals surface area contributed by atoms with Crippen molar-refractivity contribution in [3.63, 3.8) is 0 Å². The van der Waals surface area contributed by atoms with E-state index < -0.39 is 0 Å². The summed E-state index contributed by atoms with van der Waals surface area (Å²) in [6.45, 7) is 10.5. The van der Waals surface area contributed by atoms with Gasteiger partial charge in [0, 0.05) is 39.3 Å². The van der Waals surface area contributed by atoms with Crippen molar-refractivity contribution in [3.8, 4) is 0 Å². The number of hydrogen-bond acceptors (Lipinski definition) is 3. The lowest BCUT2D eigenvalue weighted by Crippen LogP contribution is -2.44. The molecule has 0 spiro atoms. The van der Waals surface area contributed by atoms with Crippen LogP contribution in [-0.2, 0) is 4.74 Å². The number of morpholine rings is 1. The molecule has 2 fully saturated rings. The summed E-state index contributed by atoms with van der Waals surface area (Å²) < 4.78 is 5.37. The molecule has 0 bridgehead atoms. The highest BCUT2D eigenvalue weighted by atomic mass is 16.5. The van der Waals surface area contributed by atoms with Gasteiger partial charge in [0.05, 0.1) is 13.2 Å². The van der Waals surface area contributed by atoms with E-state index in [1.54, 1.807) is 0 Å². The van der Waals surface area contributed by atoms with Crippen molar-refractivity contribution in [1.29, 1.82) is 0 Å². The van der Waals surface area contributed by atoms with Crippen LogP contribution in [0, 0.1) is 11.8 Å². The number of aliphatic imine (C=N–C) groups is 1. The number of guanidine groups is 1. The summed E-state index contributed by atoms with van der Waals surface area (Å²) in [6.07, 6.45) is 1.27. The Morgan fingerprint density at radius 2 is 2.11 bits per heavy atom. The third kappa shape index (κ3) is 4.99. The van der Waals surface area contributed by atoms with E-state index in [1.165, 1.54) is 6.42 Å². The zero-order valence-corrected chi connectivity index (χ0v) is 12.5. The van der Waals surface area contributed by atoms with E-state index in [2.05, 4.69) is 34.4 Å². The highest BCUT2D eigenvalue weighted by molar-refractivity contribution is 5.80. The first-order valence-corrected chi connectivity index (χ1v) is 7.46. The van der Waals surface area contributed by atoms with E-state index in [9.17, 15) is 0 Å². The first-order valence-electron chi connectivity index (χ1n) is 7.46. The maximum atomic E-state index is 5.37. The quantitative estimate of drug-likeness (QED) is 0.564. The molecule has 5 nitrogen and oxygen atoms in total. The molecule has 0 aromatic rings. The minimum Gasteiger partial charge on any atom is -0.379 e. The standard InChI is InChI=1S/C14H28N4O/c1-11(10-18-4-6-19-7-5-18)9-16-14(15-3)17-13-8-12(13)2/h11-13H,4-10H2,1-3H3,(H2,15,16,17). The van der Waals surface area contributed by atoms with Crippen molar-refractivity contribution < 1.29 is 4.74 Å². The summed E-state index contributed by atoms with van der Waals surface area (Å²) in [5.74, 6) is 2.36. The molecule has 3 atom stereocenters. The number of nitrogens with zero attached hydrogens (tertiary/aromatic N) is 2. The fourth-order valence-electron chi connectivity index (χ4n) is 2.45. The molecule has 3 unspecified atom stereocenters. The lowest BCUT2D eigenvalue weighted by Gasteiger charge is -2.29. The molecule has 0 aromatic heterocycles. The summed E-state index contributed by atoms with van der Waals surface area (Å²) >= 11 is 0. The van der Waals surface area contributed by atoms with Crippen LogP contribution in [0.25, 0.3) is 0 Å². The minimum absolute atomic E-state index is 0.619. The van der Waals surface area contributed by atoms with Crippen LogP contribution in [0.4, 0.5) is 0 Å². The Balaban J connectivity index is 1.62. The van der Waals surface area contributed by atoms with Gasteiger partial charge in [-0.2, -0.15) is 0 Å². The Kier molecular flexibility index (Phi) is 5.45. The smallest absolute Gasteiger partial charge is 0.191 e. The number of rotatable bonds is 5. The van der Waals surface area contributed by atoms with E-state index in [1.807, 2.05) is 7.05 Å². The molecule has 1 heterocycles. The third-order valence-corrected chi connectivity index (χ3v) is 3.95. The molecule has 0 aromatic carbocycles. The number of nitrogens with one attached hydrogen (secondary N) is 2. The largest absolute Gasteiger partial charge is 0.379 e. The van der Waals surface area contributed by atoms with Gasteiger partial charge in [-0.3, -0.25) is 9.89 Å². The van der Waals surface area contributed by atoms with Gasteiger partial charge in [-0.05, 0) is 18.3 Å². The zero-order chi connectivity index (χ0) is 13.7. The Bertz CT molecular complexity index is 302. The topological polar surface area (TPSA) is 48.9 Å². The molecule has 2 rings (SSSR count). The molecule has 2 N–H and O–H groups in total. The zero-order valence-electron chi connectivity index (χ0n) is 12.5. The van der Waals surface area contributed by atoms with E-state index in [4.69, 9.17) is 4.74 Å². The van der Waals surface area contributed by atoms with Crippen LogP contribution in [0.1, 0.15) is 20.3 Å². The van der Waals surface area contributed by atoms with Gasteiger partial charge in [-0.25, -0.2) is 0 Å². The first kappa shape index (κ1) is 14.6. The van der Waals surface area contributed by atoms with E-state index in [-0.39, 0.29) is 0 Å². The van der Waals surface area contributed by atoms with Gasteiger partial charge < -0.3 is 15.4 Å². The summed E-state index contributed by atoms with van der Waals surface area (Å²) in [7, 11) is 1.84. The average molecular weight is 268 g/mol.